The lowest BCUT2D eigenvalue weighted by Crippen LogP contribution is -2.30. The van der Waals surface area contributed by atoms with Crippen molar-refractivity contribution in [3.8, 4) is 0 Å². The Hall–Kier alpha value is -0.860. The molecule has 0 aliphatic heterocycles. The maximum atomic E-state index is 10.2. The molecule has 18 heavy (non-hydrogen) atoms. The van der Waals surface area contributed by atoms with Gasteiger partial charge in [-0.2, -0.15) is 0 Å². The SMILES string of the molecule is CCCC(C)N(C)CCC(O)c1cccc(C)c1. The van der Waals surface area contributed by atoms with Crippen LogP contribution in [0.3, 0.4) is 0 Å². The second kappa shape index (κ2) is 7.55. The van der Waals surface area contributed by atoms with Crippen molar-refractivity contribution in [2.75, 3.05) is 13.6 Å². The van der Waals surface area contributed by atoms with Crippen LogP contribution in [0.2, 0.25) is 0 Å². The van der Waals surface area contributed by atoms with Crippen LogP contribution in [0, 0.1) is 6.92 Å². The molecule has 1 rings (SSSR count). The lowest BCUT2D eigenvalue weighted by atomic mass is 10.0. The summed E-state index contributed by atoms with van der Waals surface area (Å²) >= 11 is 0. The molecule has 1 aromatic rings. The van der Waals surface area contributed by atoms with E-state index in [0.717, 1.165) is 18.5 Å². The van der Waals surface area contributed by atoms with Gasteiger partial charge in [0, 0.05) is 12.6 Å². The normalized spacial score (nSPS) is 14.8. The Labute approximate surface area is 112 Å². The van der Waals surface area contributed by atoms with Gasteiger partial charge in [0.1, 0.15) is 0 Å². The summed E-state index contributed by atoms with van der Waals surface area (Å²) in [6.45, 7) is 7.47. The Kier molecular flexibility index (Phi) is 6.37. The zero-order valence-corrected chi connectivity index (χ0v) is 12.2. The first-order chi connectivity index (χ1) is 8.54. The highest BCUT2D eigenvalue weighted by molar-refractivity contribution is 5.23. The van der Waals surface area contributed by atoms with E-state index in [1.807, 2.05) is 12.1 Å². The summed E-state index contributed by atoms with van der Waals surface area (Å²) in [5.41, 5.74) is 2.24. The highest BCUT2D eigenvalue weighted by Crippen LogP contribution is 2.18. The van der Waals surface area contributed by atoms with Crippen LogP contribution in [-0.2, 0) is 0 Å². The van der Waals surface area contributed by atoms with Gasteiger partial charge in [-0.1, -0.05) is 43.2 Å². The van der Waals surface area contributed by atoms with Crippen LogP contribution >= 0.6 is 0 Å². The molecule has 0 spiro atoms. The number of hydrogen-bond donors (Lipinski definition) is 1. The highest BCUT2D eigenvalue weighted by atomic mass is 16.3. The van der Waals surface area contributed by atoms with Gasteiger partial charge < -0.3 is 10.0 Å². The minimum Gasteiger partial charge on any atom is -0.388 e. The van der Waals surface area contributed by atoms with Gasteiger partial charge in [0.25, 0.3) is 0 Å². The van der Waals surface area contributed by atoms with E-state index in [1.54, 1.807) is 0 Å². The molecule has 0 bridgehead atoms. The number of aliphatic hydroxyl groups is 1. The Morgan fingerprint density at radius 2 is 2.00 bits per heavy atom. The summed E-state index contributed by atoms with van der Waals surface area (Å²) in [4.78, 5) is 2.34. The third kappa shape index (κ3) is 4.79. The first-order valence-corrected chi connectivity index (χ1v) is 6.99. The van der Waals surface area contributed by atoms with Gasteiger partial charge in [0.05, 0.1) is 6.10 Å². The smallest absolute Gasteiger partial charge is 0.0802 e. The molecule has 1 aromatic carbocycles. The van der Waals surface area contributed by atoms with E-state index in [1.165, 1.54) is 18.4 Å². The minimum absolute atomic E-state index is 0.346. The maximum Gasteiger partial charge on any atom is 0.0802 e. The van der Waals surface area contributed by atoms with E-state index in [0.29, 0.717) is 6.04 Å². The Morgan fingerprint density at radius 3 is 2.61 bits per heavy atom. The van der Waals surface area contributed by atoms with Crippen molar-refractivity contribution in [2.24, 2.45) is 0 Å². The number of aryl methyl sites for hydroxylation is 1. The van der Waals surface area contributed by atoms with Crippen LogP contribution in [0.15, 0.2) is 24.3 Å². The largest absolute Gasteiger partial charge is 0.388 e. The molecule has 102 valence electrons. The molecule has 2 atom stereocenters. The lowest BCUT2D eigenvalue weighted by molar-refractivity contribution is 0.137. The topological polar surface area (TPSA) is 23.5 Å². The van der Waals surface area contributed by atoms with E-state index in [4.69, 9.17) is 0 Å². The Balaban J connectivity index is 2.43. The fourth-order valence-corrected chi connectivity index (χ4v) is 2.23. The molecule has 0 heterocycles. The quantitative estimate of drug-likeness (QED) is 0.799. The van der Waals surface area contributed by atoms with Crippen LogP contribution in [0.1, 0.15) is 50.3 Å². The van der Waals surface area contributed by atoms with Gasteiger partial charge in [0.2, 0.25) is 0 Å². The van der Waals surface area contributed by atoms with E-state index in [9.17, 15) is 5.11 Å². The predicted octanol–water partition coefficient (Wildman–Crippen LogP) is 3.54. The number of benzene rings is 1. The third-order valence-electron chi connectivity index (χ3n) is 3.64. The van der Waals surface area contributed by atoms with Gasteiger partial charge in [0.15, 0.2) is 0 Å². The number of nitrogens with zero attached hydrogens (tertiary/aromatic N) is 1. The van der Waals surface area contributed by atoms with Crippen LogP contribution in [0.25, 0.3) is 0 Å². The molecule has 0 saturated carbocycles. The first-order valence-electron chi connectivity index (χ1n) is 6.99. The lowest BCUT2D eigenvalue weighted by Gasteiger charge is -2.25. The van der Waals surface area contributed by atoms with Crippen molar-refractivity contribution in [2.45, 2.75) is 52.2 Å². The second-order valence-corrected chi connectivity index (χ2v) is 5.34. The van der Waals surface area contributed by atoms with Gasteiger partial charge in [-0.25, -0.2) is 0 Å². The second-order valence-electron chi connectivity index (χ2n) is 5.34. The van der Waals surface area contributed by atoms with E-state index in [2.05, 4.69) is 44.9 Å². The molecule has 2 unspecified atom stereocenters. The molecule has 0 aromatic heterocycles. The van der Waals surface area contributed by atoms with Gasteiger partial charge in [-0.05, 0) is 39.3 Å². The summed E-state index contributed by atoms with van der Waals surface area (Å²) in [5.74, 6) is 0. The van der Waals surface area contributed by atoms with Crippen LogP contribution < -0.4 is 0 Å². The molecular formula is C16H27NO. The van der Waals surface area contributed by atoms with Crippen LogP contribution in [-0.4, -0.2) is 29.6 Å². The number of rotatable bonds is 7. The molecular weight excluding hydrogens is 222 g/mol. The molecule has 2 heteroatoms. The van der Waals surface area contributed by atoms with Crippen LogP contribution in [0.5, 0.6) is 0 Å². The zero-order chi connectivity index (χ0) is 13.5. The summed E-state index contributed by atoms with van der Waals surface area (Å²) in [7, 11) is 2.14. The van der Waals surface area contributed by atoms with Crippen molar-refractivity contribution in [3.05, 3.63) is 35.4 Å². The molecule has 2 nitrogen and oxygen atoms in total. The van der Waals surface area contributed by atoms with Crippen molar-refractivity contribution in [3.63, 3.8) is 0 Å². The molecule has 0 radical (unpaired) electrons. The van der Waals surface area contributed by atoms with Gasteiger partial charge in [-0.3, -0.25) is 0 Å². The van der Waals surface area contributed by atoms with Gasteiger partial charge >= 0.3 is 0 Å². The Bertz CT molecular complexity index is 351. The van der Waals surface area contributed by atoms with Crippen molar-refractivity contribution < 1.29 is 5.11 Å². The molecule has 0 saturated heterocycles. The van der Waals surface area contributed by atoms with Crippen molar-refractivity contribution >= 4 is 0 Å². The summed E-state index contributed by atoms with van der Waals surface area (Å²) in [6.07, 6.45) is 2.89. The van der Waals surface area contributed by atoms with Crippen molar-refractivity contribution in [1.82, 2.24) is 4.90 Å². The summed E-state index contributed by atoms with van der Waals surface area (Å²) in [6, 6.07) is 8.75. The average Bonchev–Trinajstić information content (AvgIpc) is 2.35. The maximum absolute atomic E-state index is 10.2. The monoisotopic (exact) mass is 249 g/mol. The zero-order valence-electron chi connectivity index (χ0n) is 12.2. The highest BCUT2D eigenvalue weighted by Gasteiger charge is 2.12. The standard InChI is InChI=1S/C16H27NO/c1-5-7-14(3)17(4)11-10-16(18)15-9-6-8-13(2)12-15/h6,8-9,12,14,16,18H,5,7,10-11H2,1-4H3. The number of aliphatic hydroxyl groups excluding tert-OH is 1. The average molecular weight is 249 g/mol. The minimum atomic E-state index is -0.346. The Morgan fingerprint density at radius 1 is 1.28 bits per heavy atom. The van der Waals surface area contributed by atoms with E-state index in [-0.39, 0.29) is 6.10 Å². The van der Waals surface area contributed by atoms with E-state index >= 15 is 0 Å². The summed E-state index contributed by atoms with van der Waals surface area (Å²) in [5, 5.41) is 10.2. The predicted molar refractivity (Wildman–Crippen MR) is 77.8 cm³/mol. The molecule has 1 N–H and O–H groups in total. The van der Waals surface area contributed by atoms with E-state index < -0.39 is 0 Å². The fraction of sp³-hybridized carbons (Fsp3) is 0.625. The molecule has 0 aliphatic carbocycles. The first kappa shape index (κ1) is 15.2. The summed E-state index contributed by atoms with van der Waals surface area (Å²) < 4.78 is 0. The fourth-order valence-electron chi connectivity index (χ4n) is 2.23. The van der Waals surface area contributed by atoms with Gasteiger partial charge in [-0.15, -0.1) is 0 Å². The van der Waals surface area contributed by atoms with Crippen molar-refractivity contribution in [1.29, 1.82) is 0 Å². The molecule has 0 aliphatic rings. The molecule has 0 amide bonds. The van der Waals surface area contributed by atoms with Crippen LogP contribution in [0.4, 0.5) is 0 Å². The molecule has 0 fully saturated rings. The number of hydrogen-bond acceptors (Lipinski definition) is 2. The third-order valence-corrected chi connectivity index (χ3v) is 3.64.